The van der Waals surface area contributed by atoms with E-state index in [1.807, 2.05) is 42.5 Å². The Hall–Kier alpha value is -3.02. The topological polar surface area (TPSA) is 78.4 Å². The Balaban J connectivity index is 1.31. The average Bonchev–Trinajstić information content (AvgIpc) is 3.34. The number of hydrogen-bond acceptors (Lipinski definition) is 6. The lowest BCUT2D eigenvalue weighted by Gasteiger charge is -2.40. The highest BCUT2D eigenvalue weighted by atomic mass is 35.5. The molecule has 1 saturated heterocycles. The summed E-state index contributed by atoms with van der Waals surface area (Å²) in [7, 11) is 0. The van der Waals surface area contributed by atoms with Crippen molar-refractivity contribution in [2.75, 3.05) is 31.5 Å². The van der Waals surface area contributed by atoms with E-state index in [-0.39, 0.29) is 41.3 Å². The van der Waals surface area contributed by atoms with Gasteiger partial charge >= 0.3 is 6.18 Å². The van der Waals surface area contributed by atoms with Crippen molar-refractivity contribution in [2.45, 2.75) is 25.1 Å². The molecule has 3 aromatic rings. The first-order chi connectivity index (χ1) is 17.2. The molecular formula is C24H23ClF3N5O2S. The molecule has 1 fully saturated rings. The summed E-state index contributed by atoms with van der Waals surface area (Å²) in [5.74, 6) is -0.764. The Morgan fingerprint density at radius 3 is 2.19 bits per heavy atom. The van der Waals surface area contributed by atoms with Crippen molar-refractivity contribution in [3.63, 3.8) is 0 Å². The quantitative estimate of drug-likeness (QED) is 0.465. The second kappa shape index (κ2) is 11.4. The van der Waals surface area contributed by atoms with Gasteiger partial charge in [0.1, 0.15) is 0 Å². The lowest BCUT2D eigenvalue weighted by Crippen LogP contribution is -2.50. The summed E-state index contributed by atoms with van der Waals surface area (Å²) in [5.41, 5.74) is 2.24. The van der Waals surface area contributed by atoms with Crippen molar-refractivity contribution in [3.05, 3.63) is 75.8 Å². The first kappa shape index (κ1) is 26.1. The molecule has 1 N–H and O–H groups in total. The number of piperazine rings is 1. The number of nitrogens with one attached hydrogen (secondary N) is 1. The summed E-state index contributed by atoms with van der Waals surface area (Å²) in [6.45, 7) is 2.29. The van der Waals surface area contributed by atoms with E-state index in [9.17, 15) is 22.8 Å². The molecule has 1 aromatic heterocycles. The summed E-state index contributed by atoms with van der Waals surface area (Å²) in [6.07, 6.45) is -4.82. The molecule has 0 aliphatic carbocycles. The highest BCUT2D eigenvalue weighted by Crippen LogP contribution is 2.33. The van der Waals surface area contributed by atoms with E-state index in [0.29, 0.717) is 31.2 Å². The maximum absolute atomic E-state index is 12.7. The number of carbonyl (C=O) groups excluding carboxylic acids is 2. The third kappa shape index (κ3) is 6.59. The number of halogens is 4. The lowest BCUT2D eigenvalue weighted by atomic mass is 9.96. The van der Waals surface area contributed by atoms with E-state index < -0.39 is 17.1 Å². The third-order valence-corrected chi connectivity index (χ3v) is 6.95. The zero-order chi connectivity index (χ0) is 25.7. The van der Waals surface area contributed by atoms with Crippen LogP contribution in [0.25, 0.3) is 0 Å². The van der Waals surface area contributed by atoms with E-state index in [4.69, 9.17) is 11.6 Å². The number of rotatable bonds is 7. The predicted octanol–water partition coefficient (Wildman–Crippen LogP) is 4.86. The molecule has 0 bridgehead atoms. The molecule has 0 radical (unpaired) electrons. The first-order valence-electron chi connectivity index (χ1n) is 11.2. The van der Waals surface area contributed by atoms with Gasteiger partial charge in [0.2, 0.25) is 22.0 Å². The van der Waals surface area contributed by atoms with Crippen LogP contribution in [0.5, 0.6) is 0 Å². The molecular weight excluding hydrogens is 515 g/mol. The average molecular weight is 538 g/mol. The van der Waals surface area contributed by atoms with Gasteiger partial charge in [-0.25, -0.2) is 0 Å². The monoisotopic (exact) mass is 537 g/mol. The number of alkyl halides is 3. The number of carbonyl (C=O) groups is 2. The fraction of sp³-hybridized carbons (Fsp3) is 0.333. The summed E-state index contributed by atoms with van der Waals surface area (Å²) in [4.78, 5) is 28.8. The molecule has 1 atom stereocenters. The van der Waals surface area contributed by atoms with Gasteiger partial charge in [0, 0.05) is 44.0 Å². The van der Waals surface area contributed by atoms with Crippen molar-refractivity contribution in [2.24, 2.45) is 0 Å². The molecule has 12 heteroatoms. The number of nitrogens with zero attached hydrogens (tertiary/aromatic N) is 4. The summed E-state index contributed by atoms with van der Waals surface area (Å²) >= 11 is 6.32. The van der Waals surface area contributed by atoms with E-state index in [1.165, 1.54) is 0 Å². The molecule has 2 aromatic carbocycles. The molecule has 0 saturated carbocycles. The van der Waals surface area contributed by atoms with Gasteiger partial charge < -0.3 is 10.2 Å². The van der Waals surface area contributed by atoms with Crippen molar-refractivity contribution in [1.29, 1.82) is 0 Å². The number of hydrogen-bond donors (Lipinski definition) is 1. The maximum atomic E-state index is 12.7. The van der Waals surface area contributed by atoms with E-state index in [0.717, 1.165) is 11.1 Å². The number of anilines is 1. The Bertz CT molecular complexity index is 1180. The lowest BCUT2D eigenvalue weighted by molar-refractivity contribution is -0.138. The minimum atomic E-state index is -4.62. The molecule has 36 heavy (non-hydrogen) atoms. The van der Waals surface area contributed by atoms with Crippen molar-refractivity contribution in [1.82, 2.24) is 20.0 Å². The first-order valence-corrected chi connectivity index (χ1v) is 12.4. The van der Waals surface area contributed by atoms with Crippen LogP contribution in [0, 0.1) is 0 Å². The standard InChI is InChI=1S/C24H23ClF3N5O2S/c25-18-8-6-17(7-9-18)21(16-4-2-1-3-5-16)33-14-12-32(13-15-33)20(35)11-10-19(34)29-23-31-30-22(36-23)24(26,27)28/h1-9,21H,10-15H2,(H,29,31,34). The zero-order valence-electron chi connectivity index (χ0n) is 19.0. The molecule has 190 valence electrons. The highest BCUT2D eigenvalue weighted by Gasteiger charge is 2.36. The normalized spacial score (nSPS) is 15.5. The zero-order valence-corrected chi connectivity index (χ0v) is 20.6. The van der Waals surface area contributed by atoms with Gasteiger partial charge in [-0.2, -0.15) is 13.2 Å². The number of benzene rings is 2. The van der Waals surface area contributed by atoms with Crippen LogP contribution in [0.15, 0.2) is 54.6 Å². The van der Waals surface area contributed by atoms with Gasteiger partial charge in [-0.1, -0.05) is 65.4 Å². The van der Waals surface area contributed by atoms with Crippen LogP contribution in [-0.4, -0.2) is 58.0 Å². The molecule has 7 nitrogen and oxygen atoms in total. The van der Waals surface area contributed by atoms with Crippen molar-refractivity contribution >= 4 is 39.9 Å². The van der Waals surface area contributed by atoms with Crippen LogP contribution in [0.4, 0.5) is 18.3 Å². The van der Waals surface area contributed by atoms with Gasteiger partial charge in [-0.05, 0) is 23.3 Å². The molecule has 1 unspecified atom stereocenters. The summed E-state index contributed by atoms with van der Waals surface area (Å²) in [5, 5.41) is 7.90. The van der Waals surface area contributed by atoms with Crippen LogP contribution < -0.4 is 5.32 Å². The Morgan fingerprint density at radius 1 is 0.944 bits per heavy atom. The third-order valence-electron chi connectivity index (χ3n) is 5.81. The second-order valence-corrected chi connectivity index (χ2v) is 9.65. The van der Waals surface area contributed by atoms with Gasteiger partial charge in [-0.3, -0.25) is 14.5 Å². The number of amides is 2. The largest absolute Gasteiger partial charge is 0.445 e. The highest BCUT2D eigenvalue weighted by molar-refractivity contribution is 7.15. The van der Waals surface area contributed by atoms with Gasteiger partial charge in [0.05, 0.1) is 6.04 Å². The van der Waals surface area contributed by atoms with Crippen LogP contribution in [0.2, 0.25) is 5.02 Å². The van der Waals surface area contributed by atoms with Crippen LogP contribution in [-0.2, 0) is 15.8 Å². The molecule has 1 aliphatic rings. The Kier molecular flexibility index (Phi) is 8.22. The smallest absolute Gasteiger partial charge is 0.340 e. The molecule has 2 heterocycles. The molecule has 2 amide bonds. The van der Waals surface area contributed by atoms with Crippen LogP contribution in [0.1, 0.15) is 35.0 Å². The summed E-state index contributed by atoms with van der Waals surface area (Å²) in [6, 6.07) is 17.9. The minimum Gasteiger partial charge on any atom is -0.340 e. The second-order valence-electron chi connectivity index (χ2n) is 8.24. The van der Waals surface area contributed by atoms with Gasteiger partial charge in [-0.15, -0.1) is 10.2 Å². The predicted molar refractivity (Wildman–Crippen MR) is 131 cm³/mol. The van der Waals surface area contributed by atoms with E-state index in [2.05, 4.69) is 32.5 Å². The Labute approximate surface area is 214 Å². The SMILES string of the molecule is O=C(CCC(=O)N1CCN(C(c2ccccc2)c2ccc(Cl)cc2)CC1)Nc1nnc(C(F)(F)F)s1. The van der Waals surface area contributed by atoms with E-state index in [1.54, 1.807) is 4.90 Å². The van der Waals surface area contributed by atoms with Crippen LogP contribution >= 0.6 is 22.9 Å². The Morgan fingerprint density at radius 2 is 1.58 bits per heavy atom. The van der Waals surface area contributed by atoms with Gasteiger partial charge in [0.25, 0.3) is 0 Å². The molecule has 4 rings (SSSR count). The fourth-order valence-corrected chi connectivity index (χ4v) is 4.83. The molecule has 1 aliphatic heterocycles. The maximum Gasteiger partial charge on any atom is 0.445 e. The van der Waals surface area contributed by atoms with Crippen molar-refractivity contribution < 1.29 is 22.8 Å². The van der Waals surface area contributed by atoms with Crippen molar-refractivity contribution in [3.8, 4) is 0 Å². The fourth-order valence-electron chi connectivity index (χ4n) is 4.07. The number of aromatic nitrogens is 2. The van der Waals surface area contributed by atoms with Gasteiger partial charge in [0.15, 0.2) is 0 Å². The molecule has 0 spiro atoms. The summed E-state index contributed by atoms with van der Waals surface area (Å²) < 4.78 is 37.9. The van der Waals surface area contributed by atoms with Crippen LogP contribution in [0.3, 0.4) is 0 Å². The minimum absolute atomic E-state index is 0.0139. The van der Waals surface area contributed by atoms with E-state index >= 15 is 0 Å².